The lowest BCUT2D eigenvalue weighted by Gasteiger charge is -2.22. The molecule has 0 bridgehead atoms. The number of sulfone groups is 1. The van der Waals surface area contributed by atoms with Crippen molar-refractivity contribution in [2.75, 3.05) is 18.8 Å². The lowest BCUT2D eigenvalue weighted by molar-refractivity contribution is 0.403. The summed E-state index contributed by atoms with van der Waals surface area (Å²) in [5.74, 6) is 0.273. The molecule has 0 radical (unpaired) electrons. The van der Waals surface area contributed by atoms with Crippen LogP contribution in [0.1, 0.15) is 12.8 Å². The molecule has 1 fully saturated rings. The quantitative estimate of drug-likeness (QED) is 0.853. The predicted molar refractivity (Wildman–Crippen MR) is 71.9 cm³/mol. The van der Waals surface area contributed by atoms with Gasteiger partial charge in [0.25, 0.3) is 0 Å². The number of aromatic nitrogens is 2. The van der Waals surface area contributed by atoms with E-state index in [1.165, 1.54) is 12.4 Å². The Kier molecular flexibility index (Phi) is 5.78. The highest BCUT2D eigenvalue weighted by Gasteiger charge is 2.24. The van der Waals surface area contributed by atoms with Crippen LogP contribution in [0.4, 0.5) is 0 Å². The fourth-order valence-electron chi connectivity index (χ4n) is 1.95. The minimum Gasteiger partial charge on any atom is -0.316 e. The zero-order chi connectivity index (χ0) is 12.3. The molecule has 5 nitrogen and oxygen atoms in total. The Labute approximate surface area is 118 Å². The number of hydrogen-bond donors (Lipinski definition) is 1. The average Bonchev–Trinajstić information content (AvgIpc) is 2.30. The number of hydrogen-bond acceptors (Lipinski definition) is 5. The van der Waals surface area contributed by atoms with E-state index < -0.39 is 9.84 Å². The van der Waals surface area contributed by atoms with Crippen molar-refractivity contribution in [2.45, 2.75) is 17.9 Å². The molecule has 102 valence electrons. The Morgan fingerprint density at radius 3 is 2.83 bits per heavy atom. The molecule has 2 rings (SSSR count). The van der Waals surface area contributed by atoms with Crippen molar-refractivity contribution in [1.29, 1.82) is 0 Å². The van der Waals surface area contributed by atoms with Crippen LogP contribution in [-0.4, -0.2) is 37.2 Å². The van der Waals surface area contributed by atoms with Gasteiger partial charge in [-0.25, -0.2) is 18.4 Å². The molecular weight excluding hydrogens is 297 g/mol. The third-order valence-electron chi connectivity index (χ3n) is 2.78. The van der Waals surface area contributed by atoms with Gasteiger partial charge < -0.3 is 5.32 Å². The Morgan fingerprint density at radius 1 is 1.44 bits per heavy atom. The van der Waals surface area contributed by atoms with Crippen molar-refractivity contribution in [3.63, 3.8) is 0 Å². The van der Waals surface area contributed by atoms with Crippen LogP contribution >= 0.6 is 24.0 Å². The molecule has 1 unspecified atom stereocenters. The number of halogens is 2. The first-order valence-electron chi connectivity index (χ1n) is 5.49. The smallest absolute Gasteiger partial charge is 0.196 e. The van der Waals surface area contributed by atoms with Gasteiger partial charge in [0.1, 0.15) is 11.5 Å². The van der Waals surface area contributed by atoms with Gasteiger partial charge in [-0.15, -0.1) is 12.4 Å². The fraction of sp³-hybridized carbons (Fsp3) is 0.600. The maximum Gasteiger partial charge on any atom is 0.196 e. The molecule has 1 aliphatic rings. The van der Waals surface area contributed by atoms with Crippen molar-refractivity contribution < 1.29 is 8.42 Å². The molecule has 1 atom stereocenters. The SMILES string of the molecule is Cl.O=S(=O)(CC1CCCNC1)c1cc(Cl)ncn1. The highest BCUT2D eigenvalue weighted by atomic mass is 35.5. The van der Waals surface area contributed by atoms with Crippen LogP contribution in [0.3, 0.4) is 0 Å². The van der Waals surface area contributed by atoms with Gasteiger partial charge in [0.05, 0.1) is 5.75 Å². The standard InChI is InChI=1S/C10H14ClN3O2S.ClH/c11-9-4-10(14-7-13-9)17(15,16)6-8-2-1-3-12-5-8;/h4,7-8,12H,1-3,5-6H2;1H. The summed E-state index contributed by atoms with van der Waals surface area (Å²) in [6.45, 7) is 1.72. The average molecular weight is 312 g/mol. The van der Waals surface area contributed by atoms with E-state index in [4.69, 9.17) is 11.6 Å². The van der Waals surface area contributed by atoms with Gasteiger partial charge in [-0.05, 0) is 31.8 Å². The Morgan fingerprint density at radius 2 is 2.22 bits per heavy atom. The summed E-state index contributed by atoms with van der Waals surface area (Å²) in [7, 11) is -3.36. The summed E-state index contributed by atoms with van der Waals surface area (Å²) in [5, 5.41) is 3.37. The second kappa shape index (κ2) is 6.65. The molecule has 0 saturated carbocycles. The predicted octanol–water partition coefficient (Wildman–Crippen LogP) is 1.33. The zero-order valence-corrected chi connectivity index (χ0v) is 12.1. The molecule has 8 heteroatoms. The first-order valence-corrected chi connectivity index (χ1v) is 7.52. The van der Waals surface area contributed by atoms with E-state index in [0.29, 0.717) is 0 Å². The van der Waals surface area contributed by atoms with Gasteiger partial charge in [0.2, 0.25) is 0 Å². The van der Waals surface area contributed by atoms with E-state index in [9.17, 15) is 8.42 Å². The van der Waals surface area contributed by atoms with Gasteiger partial charge >= 0.3 is 0 Å². The van der Waals surface area contributed by atoms with Crippen LogP contribution in [0.5, 0.6) is 0 Å². The first kappa shape index (κ1) is 15.6. The molecule has 0 spiro atoms. The molecule has 1 N–H and O–H groups in total. The van der Waals surface area contributed by atoms with Crippen LogP contribution in [0.25, 0.3) is 0 Å². The molecule has 1 aliphatic heterocycles. The van der Waals surface area contributed by atoms with Crippen molar-refractivity contribution in [2.24, 2.45) is 5.92 Å². The third-order valence-corrected chi connectivity index (χ3v) is 4.76. The summed E-state index contributed by atoms with van der Waals surface area (Å²) in [6.07, 6.45) is 3.13. The molecule has 0 amide bonds. The van der Waals surface area contributed by atoms with Crippen molar-refractivity contribution in [3.8, 4) is 0 Å². The van der Waals surface area contributed by atoms with Crippen molar-refractivity contribution >= 4 is 33.8 Å². The fourth-order valence-corrected chi connectivity index (χ4v) is 3.74. The number of piperidine rings is 1. The molecule has 18 heavy (non-hydrogen) atoms. The van der Waals surface area contributed by atoms with Crippen LogP contribution in [-0.2, 0) is 9.84 Å². The van der Waals surface area contributed by atoms with Crippen LogP contribution < -0.4 is 5.32 Å². The molecule has 1 saturated heterocycles. The maximum atomic E-state index is 12.1. The number of rotatable bonds is 3. The lowest BCUT2D eigenvalue weighted by Crippen LogP contribution is -2.34. The van der Waals surface area contributed by atoms with Crippen LogP contribution in [0.2, 0.25) is 5.15 Å². The highest BCUT2D eigenvalue weighted by Crippen LogP contribution is 2.18. The van der Waals surface area contributed by atoms with E-state index in [2.05, 4.69) is 15.3 Å². The van der Waals surface area contributed by atoms with Crippen molar-refractivity contribution in [1.82, 2.24) is 15.3 Å². The summed E-state index contributed by atoms with van der Waals surface area (Å²) in [6, 6.07) is 1.30. The Bertz CT molecular complexity index is 490. The Balaban J connectivity index is 0.00000162. The van der Waals surface area contributed by atoms with E-state index in [-0.39, 0.29) is 34.3 Å². The largest absolute Gasteiger partial charge is 0.316 e. The second-order valence-corrected chi connectivity index (χ2v) is 6.54. The molecule has 2 heterocycles. The molecule has 0 aliphatic carbocycles. The summed E-state index contributed by atoms with van der Waals surface area (Å²) in [5.41, 5.74) is 0. The minimum absolute atomic E-state index is 0. The van der Waals surface area contributed by atoms with Gasteiger partial charge in [0.15, 0.2) is 14.9 Å². The topological polar surface area (TPSA) is 72.0 Å². The monoisotopic (exact) mass is 311 g/mol. The minimum atomic E-state index is -3.36. The maximum absolute atomic E-state index is 12.1. The molecule has 1 aromatic heterocycles. The normalized spacial score (nSPS) is 20.2. The second-order valence-electron chi connectivity index (χ2n) is 4.17. The van der Waals surface area contributed by atoms with Crippen LogP contribution in [0, 0.1) is 5.92 Å². The van der Waals surface area contributed by atoms with Crippen molar-refractivity contribution in [3.05, 3.63) is 17.5 Å². The van der Waals surface area contributed by atoms with E-state index in [0.717, 1.165) is 25.9 Å². The van der Waals surface area contributed by atoms with Gasteiger partial charge in [-0.1, -0.05) is 11.6 Å². The number of nitrogens with zero attached hydrogens (tertiary/aromatic N) is 2. The lowest BCUT2D eigenvalue weighted by atomic mass is 10.0. The van der Waals surface area contributed by atoms with Crippen LogP contribution in [0.15, 0.2) is 17.4 Å². The van der Waals surface area contributed by atoms with E-state index in [1.54, 1.807) is 0 Å². The van der Waals surface area contributed by atoms with Gasteiger partial charge in [-0.3, -0.25) is 0 Å². The molecule has 1 aromatic rings. The zero-order valence-electron chi connectivity index (χ0n) is 9.67. The summed E-state index contributed by atoms with van der Waals surface area (Å²) in [4.78, 5) is 7.45. The summed E-state index contributed by atoms with van der Waals surface area (Å²) < 4.78 is 24.2. The highest BCUT2D eigenvalue weighted by molar-refractivity contribution is 7.91. The van der Waals surface area contributed by atoms with E-state index in [1.807, 2.05) is 0 Å². The first-order chi connectivity index (χ1) is 8.08. The summed E-state index contributed by atoms with van der Waals surface area (Å²) >= 11 is 5.67. The number of nitrogens with one attached hydrogen (secondary N) is 1. The Hall–Kier alpha value is -0.430. The molecule has 0 aromatic carbocycles. The van der Waals surface area contributed by atoms with E-state index >= 15 is 0 Å². The third kappa shape index (κ3) is 4.05. The molecular formula is C10H15Cl2N3O2S. The van der Waals surface area contributed by atoms with Gasteiger partial charge in [-0.2, -0.15) is 0 Å². The van der Waals surface area contributed by atoms with Gasteiger partial charge in [0, 0.05) is 6.07 Å².